The van der Waals surface area contributed by atoms with Gasteiger partial charge in [-0.25, -0.2) is 20.1 Å². The number of benzene rings is 1. The third kappa shape index (κ3) is 4.53. The first-order valence-electron chi connectivity index (χ1n) is 5.15. The molecule has 0 unspecified atom stereocenters. The van der Waals surface area contributed by atoms with E-state index < -0.39 is 10.0 Å². The first kappa shape index (κ1) is 14.2. The molecule has 0 spiro atoms. The van der Waals surface area contributed by atoms with E-state index in [0.717, 1.165) is 5.56 Å². The normalized spacial score (nSPS) is 10.7. The first-order chi connectivity index (χ1) is 8.43. The number of hydrogen-bond donors (Lipinski definition) is 2. The summed E-state index contributed by atoms with van der Waals surface area (Å²) in [5.41, 5.74) is 0.880. The molecular formula is C11H13N3O3S. The van der Waals surface area contributed by atoms with E-state index in [4.69, 9.17) is 11.7 Å². The lowest BCUT2D eigenvalue weighted by atomic mass is 10.1. The van der Waals surface area contributed by atoms with E-state index in [0.29, 0.717) is 13.0 Å². The van der Waals surface area contributed by atoms with E-state index in [1.807, 2.05) is 0 Å². The van der Waals surface area contributed by atoms with Crippen LogP contribution in [0.3, 0.4) is 0 Å². The lowest BCUT2D eigenvalue weighted by molar-refractivity contribution is -0.119. The fourth-order valence-corrected chi connectivity index (χ4v) is 1.84. The zero-order chi connectivity index (χ0) is 13.6. The van der Waals surface area contributed by atoms with Crippen LogP contribution in [0.25, 0.3) is 4.85 Å². The van der Waals surface area contributed by atoms with E-state index in [2.05, 4.69) is 10.2 Å². The van der Waals surface area contributed by atoms with Gasteiger partial charge in [-0.1, -0.05) is 12.1 Å². The molecule has 18 heavy (non-hydrogen) atoms. The lowest BCUT2D eigenvalue weighted by Crippen LogP contribution is -2.27. The molecule has 1 rings (SSSR count). The highest BCUT2D eigenvalue weighted by Gasteiger charge is 2.07. The molecule has 7 heteroatoms. The topological polar surface area (TPSA) is 93.6 Å². The molecule has 0 aliphatic carbocycles. The molecule has 0 atom stereocenters. The summed E-state index contributed by atoms with van der Waals surface area (Å²) in [5, 5.41) is 7.55. The van der Waals surface area contributed by atoms with Crippen LogP contribution in [-0.4, -0.2) is 27.4 Å². The number of sulfonamides is 1. The minimum Gasteiger partial charge on any atom is -0.349 e. The van der Waals surface area contributed by atoms with Crippen molar-refractivity contribution in [1.29, 1.82) is 0 Å². The van der Waals surface area contributed by atoms with Crippen molar-refractivity contribution in [3.05, 3.63) is 41.2 Å². The molecule has 0 aliphatic heterocycles. The Morgan fingerprint density at radius 3 is 2.44 bits per heavy atom. The quantitative estimate of drug-likeness (QED) is 0.730. The first-order valence-corrected chi connectivity index (χ1v) is 6.70. The number of carbonyl (C=O) groups is 1. The standard InChI is InChI=1S/C11H13N3O3S/c1-13-8-11(15)14-7-6-9-2-4-10(5-3-9)18(12,16)17/h2-5H,6-8H2,(H,14,15)(H2,12,16,17). The number of rotatable bonds is 5. The number of primary sulfonamides is 1. The second kappa shape index (κ2) is 6.14. The Morgan fingerprint density at radius 1 is 1.33 bits per heavy atom. The predicted octanol–water partition coefficient (Wildman–Crippen LogP) is -0.0880. The molecule has 0 aromatic heterocycles. The van der Waals surface area contributed by atoms with Crippen LogP contribution < -0.4 is 10.5 Å². The number of nitrogens with one attached hydrogen (secondary N) is 1. The summed E-state index contributed by atoms with van der Waals surface area (Å²) in [4.78, 5) is 14.0. The third-order valence-corrected chi connectivity index (χ3v) is 3.14. The summed E-state index contributed by atoms with van der Waals surface area (Å²) in [6.07, 6.45) is 0.564. The molecule has 0 aliphatic rings. The van der Waals surface area contributed by atoms with Crippen LogP contribution in [-0.2, 0) is 21.2 Å². The van der Waals surface area contributed by atoms with Gasteiger partial charge < -0.3 is 10.2 Å². The summed E-state index contributed by atoms with van der Waals surface area (Å²) in [6.45, 7) is 6.74. The highest BCUT2D eigenvalue weighted by molar-refractivity contribution is 7.89. The summed E-state index contributed by atoms with van der Waals surface area (Å²) in [5.74, 6) is -0.314. The van der Waals surface area contributed by atoms with Crippen molar-refractivity contribution in [2.45, 2.75) is 11.3 Å². The molecule has 6 nitrogen and oxygen atoms in total. The van der Waals surface area contributed by atoms with Crippen LogP contribution >= 0.6 is 0 Å². The Kier molecular flexibility index (Phi) is 4.83. The molecule has 0 bridgehead atoms. The fourth-order valence-electron chi connectivity index (χ4n) is 1.32. The van der Waals surface area contributed by atoms with Crippen LogP contribution in [0.15, 0.2) is 29.2 Å². The van der Waals surface area contributed by atoms with Crippen LogP contribution in [0.4, 0.5) is 0 Å². The van der Waals surface area contributed by atoms with Gasteiger partial charge in [0.05, 0.1) is 4.90 Å². The van der Waals surface area contributed by atoms with Gasteiger partial charge in [-0.05, 0) is 24.1 Å². The maximum Gasteiger partial charge on any atom is 0.300 e. The molecular weight excluding hydrogens is 254 g/mol. The Bertz CT molecular complexity index is 558. The third-order valence-electron chi connectivity index (χ3n) is 2.21. The molecule has 3 N–H and O–H groups in total. The van der Waals surface area contributed by atoms with Gasteiger partial charge in [-0.2, -0.15) is 0 Å². The van der Waals surface area contributed by atoms with Crippen LogP contribution in [0.1, 0.15) is 5.56 Å². The van der Waals surface area contributed by atoms with Gasteiger partial charge in [0.15, 0.2) is 0 Å². The minimum atomic E-state index is -3.66. The summed E-state index contributed by atoms with van der Waals surface area (Å²) >= 11 is 0. The molecule has 96 valence electrons. The molecule has 1 aromatic rings. The molecule has 1 aromatic carbocycles. The zero-order valence-corrected chi connectivity index (χ0v) is 10.4. The summed E-state index contributed by atoms with van der Waals surface area (Å²) in [7, 11) is -3.66. The molecule has 0 fully saturated rings. The monoisotopic (exact) mass is 267 g/mol. The van der Waals surface area contributed by atoms with E-state index in [1.54, 1.807) is 12.1 Å². The highest BCUT2D eigenvalue weighted by atomic mass is 32.2. The number of hydrogen-bond acceptors (Lipinski definition) is 3. The highest BCUT2D eigenvalue weighted by Crippen LogP contribution is 2.08. The van der Waals surface area contributed by atoms with Gasteiger partial charge in [-0.15, -0.1) is 0 Å². The Balaban J connectivity index is 2.51. The second-order valence-corrected chi connectivity index (χ2v) is 5.17. The maximum atomic E-state index is 11.0. The SMILES string of the molecule is [C-]#[N+]CC(=O)NCCc1ccc(S(N)(=O)=O)cc1. The minimum absolute atomic E-state index is 0.0586. The van der Waals surface area contributed by atoms with Gasteiger partial charge in [0.25, 0.3) is 12.5 Å². The van der Waals surface area contributed by atoms with Crippen molar-refractivity contribution in [1.82, 2.24) is 5.32 Å². The zero-order valence-electron chi connectivity index (χ0n) is 9.59. The number of nitrogens with two attached hydrogens (primary N) is 1. The van der Waals surface area contributed by atoms with Gasteiger partial charge in [0, 0.05) is 6.54 Å². The molecule has 0 saturated carbocycles. The van der Waals surface area contributed by atoms with Gasteiger partial charge in [0.2, 0.25) is 10.0 Å². The number of carbonyl (C=O) groups excluding carboxylic acids is 1. The lowest BCUT2D eigenvalue weighted by Gasteiger charge is -2.03. The fraction of sp³-hybridized carbons (Fsp3) is 0.273. The molecule has 0 saturated heterocycles. The van der Waals surface area contributed by atoms with E-state index in [9.17, 15) is 13.2 Å². The van der Waals surface area contributed by atoms with Crippen molar-refractivity contribution < 1.29 is 13.2 Å². The molecule has 1 amide bonds. The largest absolute Gasteiger partial charge is 0.349 e. The van der Waals surface area contributed by atoms with E-state index >= 15 is 0 Å². The Hall–Kier alpha value is -1.91. The van der Waals surface area contributed by atoms with Gasteiger partial charge in [-0.3, -0.25) is 4.79 Å². The van der Waals surface area contributed by atoms with E-state index in [-0.39, 0.29) is 17.3 Å². The average molecular weight is 267 g/mol. The van der Waals surface area contributed by atoms with Gasteiger partial charge in [0.1, 0.15) is 0 Å². The van der Waals surface area contributed by atoms with Crippen LogP contribution in [0.5, 0.6) is 0 Å². The average Bonchev–Trinajstić information content (AvgIpc) is 2.29. The smallest absolute Gasteiger partial charge is 0.300 e. The number of nitrogens with zero attached hydrogens (tertiary/aromatic N) is 1. The number of amides is 1. The van der Waals surface area contributed by atoms with Crippen molar-refractivity contribution >= 4 is 15.9 Å². The van der Waals surface area contributed by atoms with Crippen molar-refractivity contribution in [2.24, 2.45) is 5.14 Å². The predicted molar refractivity (Wildman–Crippen MR) is 66.0 cm³/mol. The second-order valence-electron chi connectivity index (χ2n) is 3.61. The summed E-state index contributed by atoms with van der Waals surface area (Å²) in [6, 6.07) is 6.12. The molecule has 0 radical (unpaired) electrons. The van der Waals surface area contributed by atoms with Crippen LogP contribution in [0, 0.1) is 6.57 Å². The van der Waals surface area contributed by atoms with Crippen molar-refractivity contribution in [3.63, 3.8) is 0 Å². The molecule has 0 heterocycles. The van der Waals surface area contributed by atoms with Crippen molar-refractivity contribution in [2.75, 3.05) is 13.1 Å². The maximum absolute atomic E-state index is 11.0. The summed E-state index contributed by atoms with van der Waals surface area (Å²) < 4.78 is 22.0. The van der Waals surface area contributed by atoms with E-state index in [1.165, 1.54) is 12.1 Å². The van der Waals surface area contributed by atoms with Crippen molar-refractivity contribution in [3.8, 4) is 0 Å². The van der Waals surface area contributed by atoms with Gasteiger partial charge >= 0.3 is 0 Å². The van der Waals surface area contributed by atoms with Crippen LogP contribution in [0.2, 0.25) is 0 Å². The Morgan fingerprint density at radius 2 is 1.94 bits per heavy atom. The Labute approximate surface area is 106 Å².